The summed E-state index contributed by atoms with van der Waals surface area (Å²) < 4.78 is 0. The predicted octanol–water partition coefficient (Wildman–Crippen LogP) is 3.81. The Balaban J connectivity index is 1.56. The lowest BCUT2D eigenvalue weighted by molar-refractivity contribution is -0.114. The van der Waals surface area contributed by atoms with Crippen molar-refractivity contribution in [3.63, 3.8) is 0 Å². The number of hydrogen-bond acceptors (Lipinski definition) is 2. The van der Waals surface area contributed by atoms with Gasteiger partial charge in [-0.2, -0.15) is 0 Å². The van der Waals surface area contributed by atoms with Gasteiger partial charge in [0.1, 0.15) is 0 Å². The number of hydrogen-bond donors (Lipinski definition) is 2. The molecule has 2 N–H and O–H groups in total. The van der Waals surface area contributed by atoms with Crippen molar-refractivity contribution in [1.82, 2.24) is 5.32 Å². The van der Waals surface area contributed by atoms with Crippen molar-refractivity contribution in [3.8, 4) is 0 Å². The second-order valence-electron chi connectivity index (χ2n) is 6.29. The third-order valence-corrected chi connectivity index (χ3v) is 4.43. The van der Waals surface area contributed by atoms with E-state index in [1.165, 1.54) is 16.7 Å². The van der Waals surface area contributed by atoms with Crippen LogP contribution in [0.2, 0.25) is 0 Å². The van der Waals surface area contributed by atoms with E-state index in [0.717, 1.165) is 31.5 Å². The Hall–Kier alpha value is -2.39. The van der Waals surface area contributed by atoms with Crippen molar-refractivity contribution in [2.45, 2.75) is 32.2 Å². The van der Waals surface area contributed by atoms with E-state index in [9.17, 15) is 4.79 Å². The second-order valence-corrected chi connectivity index (χ2v) is 6.29. The third kappa shape index (κ3) is 4.33. The average Bonchev–Trinajstić information content (AvgIpc) is 2.59. The Morgan fingerprint density at radius 2 is 2.00 bits per heavy atom. The van der Waals surface area contributed by atoms with Gasteiger partial charge in [0.2, 0.25) is 5.91 Å². The van der Waals surface area contributed by atoms with E-state index in [2.05, 4.69) is 53.1 Å². The molecule has 0 saturated carbocycles. The molecule has 0 aliphatic heterocycles. The van der Waals surface area contributed by atoms with Gasteiger partial charge >= 0.3 is 0 Å². The molecule has 0 bridgehead atoms. The number of nitrogens with one attached hydrogen (secondary N) is 2. The SMILES string of the molecule is CC(=O)Nc1cccc2c1CCC(NCC=Cc1ccccc1)C2. The van der Waals surface area contributed by atoms with Gasteiger partial charge in [0.05, 0.1) is 0 Å². The van der Waals surface area contributed by atoms with E-state index in [-0.39, 0.29) is 5.91 Å². The van der Waals surface area contributed by atoms with Crippen molar-refractivity contribution in [2.24, 2.45) is 0 Å². The molecule has 1 aliphatic rings. The van der Waals surface area contributed by atoms with Crippen molar-refractivity contribution in [1.29, 1.82) is 0 Å². The smallest absolute Gasteiger partial charge is 0.221 e. The summed E-state index contributed by atoms with van der Waals surface area (Å²) in [6.07, 6.45) is 7.45. The highest BCUT2D eigenvalue weighted by molar-refractivity contribution is 5.89. The summed E-state index contributed by atoms with van der Waals surface area (Å²) in [6, 6.07) is 17.0. The van der Waals surface area contributed by atoms with Crippen molar-refractivity contribution in [2.75, 3.05) is 11.9 Å². The lowest BCUT2D eigenvalue weighted by Crippen LogP contribution is -2.34. The molecule has 1 unspecified atom stereocenters. The highest BCUT2D eigenvalue weighted by Crippen LogP contribution is 2.28. The first kappa shape index (κ1) is 16.5. The van der Waals surface area contributed by atoms with Crippen LogP contribution in [0.4, 0.5) is 5.69 Å². The molecule has 0 fully saturated rings. The number of carbonyl (C=O) groups is 1. The zero-order valence-corrected chi connectivity index (χ0v) is 14.1. The van der Waals surface area contributed by atoms with Crippen molar-refractivity contribution >= 4 is 17.7 Å². The van der Waals surface area contributed by atoms with Gasteiger partial charge < -0.3 is 10.6 Å². The van der Waals surface area contributed by atoms with Crippen LogP contribution in [0, 0.1) is 0 Å². The van der Waals surface area contributed by atoms with Crippen LogP contribution < -0.4 is 10.6 Å². The Kier molecular flexibility index (Phi) is 5.44. The maximum absolute atomic E-state index is 11.3. The van der Waals surface area contributed by atoms with E-state index in [1.54, 1.807) is 6.92 Å². The zero-order valence-electron chi connectivity index (χ0n) is 14.1. The van der Waals surface area contributed by atoms with Gasteiger partial charge in [0.25, 0.3) is 0 Å². The minimum absolute atomic E-state index is 0.00491. The number of amides is 1. The van der Waals surface area contributed by atoms with Gasteiger partial charge in [-0.3, -0.25) is 4.79 Å². The predicted molar refractivity (Wildman–Crippen MR) is 100 cm³/mol. The van der Waals surface area contributed by atoms with Crippen LogP contribution in [0.5, 0.6) is 0 Å². The Bertz CT molecular complexity index is 722. The molecule has 124 valence electrons. The number of benzene rings is 2. The fraction of sp³-hybridized carbons (Fsp3) is 0.286. The van der Waals surface area contributed by atoms with Crippen molar-refractivity contribution in [3.05, 3.63) is 71.3 Å². The molecular weight excluding hydrogens is 296 g/mol. The summed E-state index contributed by atoms with van der Waals surface area (Å²) in [5.74, 6) is -0.00491. The third-order valence-electron chi connectivity index (χ3n) is 4.43. The molecule has 0 aromatic heterocycles. The quantitative estimate of drug-likeness (QED) is 0.879. The maximum Gasteiger partial charge on any atom is 0.221 e. The summed E-state index contributed by atoms with van der Waals surface area (Å²) >= 11 is 0. The molecule has 3 rings (SSSR count). The van der Waals surface area contributed by atoms with Crippen LogP contribution in [0.1, 0.15) is 30.0 Å². The highest BCUT2D eigenvalue weighted by atomic mass is 16.1. The number of anilines is 1. The monoisotopic (exact) mass is 320 g/mol. The molecule has 1 atom stereocenters. The van der Waals surface area contributed by atoms with E-state index in [1.807, 2.05) is 18.2 Å². The minimum Gasteiger partial charge on any atom is -0.326 e. The van der Waals surface area contributed by atoms with Crippen LogP contribution in [0.25, 0.3) is 6.08 Å². The fourth-order valence-corrected chi connectivity index (χ4v) is 3.28. The van der Waals surface area contributed by atoms with Gasteiger partial charge in [0.15, 0.2) is 0 Å². The lowest BCUT2D eigenvalue weighted by Gasteiger charge is -2.27. The molecule has 24 heavy (non-hydrogen) atoms. The van der Waals surface area contributed by atoms with Crippen LogP contribution >= 0.6 is 0 Å². The highest BCUT2D eigenvalue weighted by Gasteiger charge is 2.20. The average molecular weight is 320 g/mol. The van der Waals surface area contributed by atoms with Crippen LogP contribution in [-0.4, -0.2) is 18.5 Å². The normalized spacial score (nSPS) is 16.8. The molecule has 0 heterocycles. The molecule has 3 nitrogen and oxygen atoms in total. The molecule has 1 amide bonds. The molecule has 3 heteroatoms. The Morgan fingerprint density at radius 3 is 2.79 bits per heavy atom. The van der Waals surface area contributed by atoms with E-state index >= 15 is 0 Å². The van der Waals surface area contributed by atoms with Crippen molar-refractivity contribution < 1.29 is 4.79 Å². The van der Waals surface area contributed by atoms with E-state index in [0.29, 0.717) is 6.04 Å². The zero-order chi connectivity index (χ0) is 16.8. The largest absolute Gasteiger partial charge is 0.326 e. The van der Waals surface area contributed by atoms with E-state index < -0.39 is 0 Å². The lowest BCUT2D eigenvalue weighted by atomic mass is 9.87. The molecule has 0 radical (unpaired) electrons. The first-order valence-corrected chi connectivity index (χ1v) is 8.55. The van der Waals surface area contributed by atoms with Crippen LogP contribution in [0.15, 0.2) is 54.6 Å². The van der Waals surface area contributed by atoms with E-state index in [4.69, 9.17) is 0 Å². The van der Waals surface area contributed by atoms with Gasteiger partial charge in [0, 0.05) is 25.2 Å². The fourth-order valence-electron chi connectivity index (χ4n) is 3.28. The molecule has 2 aromatic rings. The summed E-state index contributed by atoms with van der Waals surface area (Å²) in [4.78, 5) is 11.3. The summed E-state index contributed by atoms with van der Waals surface area (Å²) in [5, 5.41) is 6.57. The minimum atomic E-state index is -0.00491. The maximum atomic E-state index is 11.3. The van der Waals surface area contributed by atoms with Gasteiger partial charge in [-0.25, -0.2) is 0 Å². The standard InChI is InChI=1S/C21H24N2O/c1-16(24)23-21-11-5-10-18-15-19(12-13-20(18)21)22-14-6-9-17-7-3-2-4-8-17/h2-11,19,22H,12-15H2,1H3,(H,23,24). The summed E-state index contributed by atoms with van der Waals surface area (Å²) in [5.41, 5.74) is 4.85. The summed E-state index contributed by atoms with van der Waals surface area (Å²) in [7, 11) is 0. The number of fused-ring (bicyclic) bond motifs is 1. The second kappa shape index (κ2) is 7.93. The molecular formula is C21H24N2O. The van der Waals surface area contributed by atoms with Crippen LogP contribution in [0.3, 0.4) is 0 Å². The molecule has 0 spiro atoms. The number of rotatable bonds is 5. The summed E-state index contributed by atoms with van der Waals surface area (Å²) in [6.45, 7) is 2.44. The first-order chi connectivity index (χ1) is 11.7. The topological polar surface area (TPSA) is 41.1 Å². The molecule has 0 saturated heterocycles. The first-order valence-electron chi connectivity index (χ1n) is 8.55. The number of carbonyl (C=O) groups excluding carboxylic acids is 1. The van der Waals surface area contributed by atoms with Gasteiger partial charge in [-0.1, -0.05) is 54.6 Å². The Labute approximate surface area is 143 Å². The molecule has 2 aromatic carbocycles. The van der Waals surface area contributed by atoms with Crippen LogP contribution in [-0.2, 0) is 17.6 Å². The van der Waals surface area contributed by atoms with Gasteiger partial charge in [-0.15, -0.1) is 0 Å². The van der Waals surface area contributed by atoms with Gasteiger partial charge in [-0.05, 0) is 42.0 Å². The Morgan fingerprint density at radius 1 is 1.17 bits per heavy atom. The molecule has 1 aliphatic carbocycles.